The fraction of sp³-hybridized carbons (Fsp3) is 0.316. The van der Waals surface area contributed by atoms with Crippen LogP contribution < -0.4 is 10.1 Å². The number of anilines is 1. The van der Waals surface area contributed by atoms with Crippen molar-refractivity contribution >= 4 is 21.6 Å². The number of amides is 1. The molecule has 2 aromatic carbocycles. The molecule has 0 bridgehead atoms. The maximum Gasteiger partial charge on any atom is 0.265 e. The Kier molecular flexibility index (Phi) is 4.42. The zero-order valence-electron chi connectivity index (χ0n) is 14.2. The number of hydrogen-bond donors (Lipinski definition) is 1. The van der Waals surface area contributed by atoms with Crippen LogP contribution in [-0.4, -0.2) is 37.8 Å². The smallest absolute Gasteiger partial charge is 0.265 e. The molecule has 2 aliphatic heterocycles. The summed E-state index contributed by atoms with van der Waals surface area (Å²) in [6, 6.07) is 13.9. The lowest BCUT2D eigenvalue weighted by atomic mass is 10.1. The van der Waals surface area contributed by atoms with Crippen molar-refractivity contribution in [2.24, 2.45) is 0 Å². The van der Waals surface area contributed by atoms with Gasteiger partial charge in [-0.15, -0.1) is 0 Å². The van der Waals surface area contributed by atoms with Crippen molar-refractivity contribution in [3.63, 3.8) is 0 Å². The molecule has 0 radical (unpaired) electrons. The normalized spacial score (nSPS) is 19.8. The maximum absolute atomic E-state index is 12.5. The summed E-state index contributed by atoms with van der Waals surface area (Å²) >= 11 is 0. The van der Waals surface area contributed by atoms with Crippen LogP contribution in [0.1, 0.15) is 18.4 Å². The van der Waals surface area contributed by atoms with Crippen LogP contribution in [0.15, 0.2) is 53.4 Å². The lowest BCUT2D eigenvalue weighted by Gasteiger charge is -2.16. The number of carbonyl (C=O) groups is 1. The summed E-state index contributed by atoms with van der Waals surface area (Å²) in [6.07, 6.45) is 1.76. The van der Waals surface area contributed by atoms with Gasteiger partial charge in [-0.05, 0) is 48.7 Å². The Morgan fingerprint density at radius 3 is 2.42 bits per heavy atom. The Bertz CT molecular complexity index is 894. The average Bonchev–Trinajstić information content (AvgIpc) is 3.32. The highest BCUT2D eigenvalue weighted by atomic mass is 32.2. The second-order valence-electron chi connectivity index (χ2n) is 6.54. The molecule has 136 valence electrons. The van der Waals surface area contributed by atoms with Crippen LogP contribution >= 0.6 is 0 Å². The topological polar surface area (TPSA) is 75.7 Å². The van der Waals surface area contributed by atoms with E-state index < -0.39 is 16.1 Å². The van der Waals surface area contributed by atoms with Gasteiger partial charge >= 0.3 is 0 Å². The summed E-state index contributed by atoms with van der Waals surface area (Å²) in [4.78, 5) is 12.7. The molecule has 0 unspecified atom stereocenters. The lowest BCUT2D eigenvalue weighted by Crippen LogP contribution is -2.31. The first-order chi connectivity index (χ1) is 12.5. The van der Waals surface area contributed by atoms with E-state index in [-0.39, 0.29) is 10.8 Å². The predicted octanol–water partition coefficient (Wildman–Crippen LogP) is 2.41. The van der Waals surface area contributed by atoms with Gasteiger partial charge < -0.3 is 10.1 Å². The molecular formula is C19H20N2O4S. The monoisotopic (exact) mass is 372 g/mol. The SMILES string of the molecule is O=C(Nc1ccc(S(=O)(=O)N2CCCC2)cc1)[C@@H]1Cc2ccccc2O1. The summed E-state index contributed by atoms with van der Waals surface area (Å²) in [5.74, 6) is 0.496. The standard InChI is InChI=1S/C19H20N2O4S/c22-19(18-13-14-5-1-2-6-17(14)25-18)20-15-7-9-16(10-8-15)26(23,24)21-11-3-4-12-21/h1-2,5-10,18H,3-4,11-13H2,(H,20,22)/t18-/m0/s1. The Morgan fingerprint density at radius 1 is 1.04 bits per heavy atom. The molecule has 1 fully saturated rings. The fourth-order valence-corrected chi connectivity index (χ4v) is 4.86. The van der Waals surface area contributed by atoms with Gasteiger partial charge in [-0.2, -0.15) is 4.31 Å². The van der Waals surface area contributed by atoms with Crippen LogP contribution in [0, 0.1) is 0 Å². The fourth-order valence-electron chi connectivity index (χ4n) is 3.34. The lowest BCUT2D eigenvalue weighted by molar-refractivity contribution is -0.122. The summed E-state index contributed by atoms with van der Waals surface area (Å²) < 4.78 is 32.2. The molecule has 1 N–H and O–H groups in total. The van der Waals surface area contributed by atoms with Crippen molar-refractivity contribution in [1.29, 1.82) is 0 Å². The Labute approximate surface area is 152 Å². The molecule has 2 aliphatic rings. The van der Waals surface area contributed by atoms with Crippen molar-refractivity contribution in [1.82, 2.24) is 4.31 Å². The quantitative estimate of drug-likeness (QED) is 0.894. The highest BCUT2D eigenvalue weighted by Gasteiger charge is 2.29. The highest BCUT2D eigenvalue weighted by molar-refractivity contribution is 7.89. The largest absolute Gasteiger partial charge is 0.480 e. The minimum atomic E-state index is -3.44. The van der Waals surface area contributed by atoms with Gasteiger partial charge in [0, 0.05) is 25.2 Å². The summed E-state index contributed by atoms with van der Waals surface area (Å²) in [5, 5.41) is 2.79. The zero-order chi connectivity index (χ0) is 18.1. The highest BCUT2D eigenvalue weighted by Crippen LogP contribution is 2.29. The molecule has 0 saturated carbocycles. The number of para-hydroxylation sites is 1. The molecule has 0 aliphatic carbocycles. The third-order valence-corrected chi connectivity index (χ3v) is 6.68. The number of rotatable bonds is 4. The maximum atomic E-state index is 12.5. The van der Waals surface area contributed by atoms with Crippen molar-refractivity contribution in [3.8, 4) is 5.75 Å². The zero-order valence-corrected chi connectivity index (χ0v) is 15.0. The minimum Gasteiger partial charge on any atom is -0.480 e. The minimum absolute atomic E-state index is 0.239. The molecule has 4 rings (SSSR count). The molecule has 26 heavy (non-hydrogen) atoms. The number of carbonyl (C=O) groups excluding carboxylic acids is 1. The first kappa shape index (κ1) is 17.1. The van der Waals surface area contributed by atoms with E-state index in [1.165, 1.54) is 16.4 Å². The van der Waals surface area contributed by atoms with Gasteiger partial charge in [0.1, 0.15) is 5.75 Å². The first-order valence-corrected chi connectivity index (χ1v) is 10.1. The molecular weight excluding hydrogens is 352 g/mol. The van der Waals surface area contributed by atoms with Crippen LogP contribution in [-0.2, 0) is 21.2 Å². The average molecular weight is 372 g/mol. The van der Waals surface area contributed by atoms with Crippen LogP contribution in [0.3, 0.4) is 0 Å². The number of sulfonamides is 1. The summed E-state index contributed by atoms with van der Waals surface area (Å²) in [5.41, 5.74) is 1.56. The van der Waals surface area contributed by atoms with Crippen molar-refractivity contribution in [2.45, 2.75) is 30.3 Å². The molecule has 1 saturated heterocycles. The van der Waals surface area contributed by atoms with Gasteiger partial charge in [-0.1, -0.05) is 18.2 Å². The number of hydrogen-bond acceptors (Lipinski definition) is 4. The van der Waals surface area contributed by atoms with Gasteiger partial charge in [0.25, 0.3) is 5.91 Å². The number of benzene rings is 2. The number of nitrogens with one attached hydrogen (secondary N) is 1. The second-order valence-corrected chi connectivity index (χ2v) is 8.48. The molecule has 2 aromatic rings. The Morgan fingerprint density at radius 2 is 1.73 bits per heavy atom. The van der Waals surface area contributed by atoms with Gasteiger partial charge in [-0.25, -0.2) is 8.42 Å². The van der Waals surface area contributed by atoms with E-state index in [4.69, 9.17) is 4.74 Å². The third-order valence-electron chi connectivity index (χ3n) is 4.76. The van der Waals surface area contributed by atoms with Crippen molar-refractivity contribution in [2.75, 3.05) is 18.4 Å². The van der Waals surface area contributed by atoms with E-state index in [9.17, 15) is 13.2 Å². The van der Waals surface area contributed by atoms with E-state index in [1.54, 1.807) is 12.1 Å². The predicted molar refractivity (Wildman–Crippen MR) is 97.6 cm³/mol. The van der Waals surface area contributed by atoms with Crippen LogP contribution in [0.5, 0.6) is 5.75 Å². The van der Waals surface area contributed by atoms with E-state index in [0.29, 0.717) is 25.2 Å². The third kappa shape index (κ3) is 3.20. The van der Waals surface area contributed by atoms with E-state index in [1.807, 2.05) is 24.3 Å². The molecule has 7 heteroatoms. The summed E-state index contributed by atoms with van der Waals surface area (Å²) in [7, 11) is -3.44. The molecule has 1 atom stereocenters. The second kappa shape index (κ2) is 6.74. The Hall–Kier alpha value is -2.38. The molecule has 2 heterocycles. The van der Waals surface area contributed by atoms with Crippen molar-refractivity contribution < 1.29 is 17.9 Å². The number of nitrogens with zero attached hydrogens (tertiary/aromatic N) is 1. The first-order valence-electron chi connectivity index (χ1n) is 8.70. The van der Waals surface area contributed by atoms with Crippen molar-refractivity contribution in [3.05, 3.63) is 54.1 Å². The van der Waals surface area contributed by atoms with E-state index in [0.717, 1.165) is 24.2 Å². The van der Waals surface area contributed by atoms with Gasteiger partial charge in [-0.3, -0.25) is 4.79 Å². The van der Waals surface area contributed by atoms with Crippen LogP contribution in [0.2, 0.25) is 0 Å². The molecule has 6 nitrogen and oxygen atoms in total. The molecule has 0 aromatic heterocycles. The summed E-state index contributed by atoms with van der Waals surface area (Å²) in [6.45, 7) is 1.14. The molecule has 0 spiro atoms. The number of fused-ring (bicyclic) bond motifs is 1. The van der Waals surface area contributed by atoms with Gasteiger partial charge in [0.2, 0.25) is 10.0 Å². The van der Waals surface area contributed by atoms with Crippen LogP contribution in [0.4, 0.5) is 5.69 Å². The number of ether oxygens (including phenoxy) is 1. The molecule has 1 amide bonds. The van der Waals surface area contributed by atoms with E-state index in [2.05, 4.69) is 5.32 Å². The van der Waals surface area contributed by atoms with Gasteiger partial charge in [0.05, 0.1) is 4.90 Å². The van der Waals surface area contributed by atoms with E-state index >= 15 is 0 Å². The Balaban J connectivity index is 1.42. The van der Waals surface area contributed by atoms with Gasteiger partial charge in [0.15, 0.2) is 6.10 Å². The van der Waals surface area contributed by atoms with Crippen LogP contribution in [0.25, 0.3) is 0 Å².